The van der Waals surface area contributed by atoms with E-state index in [1.165, 1.54) is 31.2 Å². The van der Waals surface area contributed by atoms with Crippen LogP contribution in [0.15, 0.2) is 36.9 Å². The van der Waals surface area contributed by atoms with E-state index in [9.17, 15) is 14.4 Å². The van der Waals surface area contributed by atoms with Crippen molar-refractivity contribution < 1.29 is 87.7 Å². The molecular formula is C20H31Na2O6P. The van der Waals surface area contributed by atoms with E-state index in [1.54, 1.807) is 6.08 Å². The zero-order chi connectivity index (χ0) is 20.0. The van der Waals surface area contributed by atoms with E-state index in [0.717, 1.165) is 6.42 Å². The molecule has 0 fully saturated rings. The van der Waals surface area contributed by atoms with Crippen molar-refractivity contribution in [2.75, 3.05) is 32.6 Å². The van der Waals surface area contributed by atoms with Crippen molar-refractivity contribution >= 4 is 7.60 Å². The fourth-order valence-electron chi connectivity index (χ4n) is 2.46. The van der Waals surface area contributed by atoms with Gasteiger partial charge in [0.1, 0.15) is 18.5 Å². The molecule has 0 spiro atoms. The number of unbranched alkanes of at least 4 members (excludes halogenated alkanes) is 3. The molecule has 0 aliphatic rings. The van der Waals surface area contributed by atoms with Gasteiger partial charge < -0.3 is 28.6 Å². The van der Waals surface area contributed by atoms with Gasteiger partial charge in [-0.3, -0.25) is 0 Å². The molecule has 9 heteroatoms. The molecule has 29 heavy (non-hydrogen) atoms. The quantitative estimate of drug-likeness (QED) is 0.115. The zero-order valence-corrected chi connectivity index (χ0v) is 23.0. The Morgan fingerprint density at radius 2 is 1.79 bits per heavy atom. The smallest absolute Gasteiger partial charge is 0.811 e. The van der Waals surface area contributed by atoms with Crippen molar-refractivity contribution in [3.63, 3.8) is 0 Å². The van der Waals surface area contributed by atoms with Gasteiger partial charge in [-0.1, -0.05) is 52.0 Å². The summed E-state index contributed by atoms with van der Waals surface area (Å²) in [6.45, 7) is 6.38. The normalized spacial score (nSPS) is 11.8. The first kappa shape index (κ1) is 32.0. The van der Waals surface area contributed by atoms with E-state index >= 15 is 0 Å². The van der Waals surface area contributed by atoms with Crippen LogP contribution in [0.2, 0.25) is 0 Å². The molecular weight excluding hydrogens is 413 g/mol. The summed E-state index contributed by atoms with van der Waals surface area (Å²) in [4.78, 5) is 21.4. The van der Waals surface area contributed by atoms with Crippen LogP contribution in [0.25, 0.3) is 0 Å². The van der Waals surface area contributed by atoms with Crippen LogP contribution in [0.3, 0.4) is 0 Å². The third kappa shape index (κ3) is 18.1. The van der Waals surface area contributed by atoms with Crippen LogP contribution < -0.4 is 73.6 Å². The number of hydrogen-bond acceptors (Lipinski definition) is 6. The molecule has 0 bridgehead atoms. The molecule has 154 valence electrons. The average molecular weight is 444 g/mol. The first-order valence-electron chi connectivity index (χ1n) is 9.47. The second-order valence-corrected chi connectivity index (χ2v) is 8.09. The van der Waals surface area contributed by atoms with Gasteiger partial charge in [-0.05, 0) is 36.7 Å². The van der Waals surface area contributed by atoms with Crippen molar-refractivity contribution in [3.05, 3.63) is 42.5 Å². The van der Waals surface area contributed by atoms with Gasteiger partial charge in [0.05, 0.1) is 19.8 Å². The van der Waals surface area contributed by atoms with Gasteiger partial charge in [0.25, 0.3) is 0 Å². The van der Waals surface area contributed by atoms with Gasteiger partial charge in [-0.2, -0.15) is 0 Å². The van der Waals surface area contributed by atoms with E-state index < -0.39 is 19.9 Å². The molecule has 0 heterocycles. The molecule has 0 radical (unpaired) electrons. The van der Waals surface area contributed by atoms with Crippen molar-refractivity contribution in [2.45, 2.75) is 45.1 Å². The maximum Gasteiger partial charge on any atom is 1.00 e. The van der Waals surface area contributed by atoms with Crippen molar-refractivity contribution in [2.24, 2.45) is 0 Å². The van der Waals surface area contributed by atoms with Gasteiger partial charge in [0, 0.05) is 0 Å². The molecule has 0 aliphatic heterocycles. The monoisotopic (exact) mass is 444 g/mol. The average Bonchev–Trinajstić information content (AvgIpc) is 2.63. The summed E-state index contributed by atoms with van der Waals surface area (Å²) in [5.41, 5.74) is 1.28. The largest absolute Gasteiger partial charge is 1.00 e. The fraction of sp³-hybridized carbons (Fsp3) is 0.600. The third-order valence-corrected chi connectivity index (χ3v) is 4.67. The maximum atomic E-state index is 10.7. The van der Waals surface area contributed by atoms with Crippen molar-refractivity contribution in [3.8, 4) is 5.75 Å². The van der Waals surface area contributed by atoms with E-state index in [4.69, 9.17) is 14.2 Å². The van der Waals surface area contributed by atoms with Crippen LogP contribution in [-0.4, -0.2) is 38.7 Å². The van der Waals surface area contributed by atoms with Gasteiger partial charge in [0.2, 0.25) is 0 Å². The molecule has 1 rings (SSSR count). The van der Waals surface area contributed by atoms with Crippen molar-refractivity contribution in [1.29, 1.82) is 0 Å². The molecule has 6 nitrogen and oxygen atoms in total. The second kappa shape index (κ2) is 19.5. The summed E-state index contributed by atoms with van der Waals surface area (Å²) in [6.07, 6.45) is 6.60. The molecule has 0 N–H and O–H groups in total. The Hall–Kier alpha value is 0.830. The standard InChI is InChI=1S/C20H33O6P.2Na/c1-3-5-6-7-8-18-9-11-19(12-10-18)26-17-20(16-24-13-4-2)25-14-15-27(21,22)23;;/h4,9-12,20H,2-3,5-8,13-17H2,1H3,(H2,21,22,23);;/q;2*+1/p-2. The van der Waals surface area contributed by atoms with Crippen LogP contribution in [0.4, 0.5) is 0 Å². The second-order valence-electron chi connectivity index (χ2n) is 6.42. The maximum absolute atomic E-state index is 10.7. The predicted molar refractivity (Wildman–Crippen MR) is 103 cm³/mol. The first-order chi connectivity index (χ1) is 12.9. The van der Waals surface area contributed by atoms with Gasteiger partial charge in [-0.15, -0.1) is 6.58 Å². The Labute approximate surface area is 219 Å². The van der Waals surface area contributed by atoms with Crippen LogP contribution in [0.1, 0.15) is 38.2 Å². The van der Waals surface area contributed by atoms with E-state index in [-0.39, 0.29) is 78.9 Å². The van der Waals surface area contributed by atoms with E-state index in [0.29, 0.717) is 12.4 Å². The minimum absolute atomic E-state index is 0. The molecule has 0 saturated heterocycles. The van der Waals surface area contributed by atoms with Crippen molar-refractivity contribution in [1.82, 2.24) is 0 Å². The molecule has 1 aromatic rings. The molecule has 1 unspecified atom stereocenters. The zero-order valence-electron chi connectivity index (χ0n) is 18.1. The summed E-state index contributed by atoms with van der Waals surface area (Å²) in [7, 11) is -4.57. The number of hydrogen-bond donors (Lipinski definition) is 0. The summed E-state index contributed by atoms with van der Waals surface area (Å²) in [6, 6.07) is 7.94. The van der Waals surface area contributed by atoms with Gasteiger partial charge >= 0.3 is 59.1 Å². The molecule has 1 atom stereocenters. The van der Waals surface area contributed by atoms with Crippen LogP contribution in [-0.2, 0) is 20.5 Å². The van der Waals surface area contributed by atoms with E-state index in [1.807, 2.05) is 12.1 Å². The first-order valence-corrected chi connectivity index (χ1v) is 11.2. The number of rotatable bonds is 16. The van der Waals surface area contributed by atoms with Crippen LogP contribution >= 0.6 is 7.60 Å². The Bertz CT molecular complexity index is 565. The predicted octanol–water partition coefficient (Wildman–Crippen LogP) is -3.30. The Kier molecular flexibility index (Phi) is 21.5. The molecule has 0 aromatic heterocycles. The molecule has 0 amide bonds. The van der Waals surface area contributed by atoms with Crippen LogP contribution in [0, 0.1) is 0 Å². The van der Waals surface area contributed by atoms with E-state index in [2.05, 4.69) is 25.6 Å². The molecule has 0 aliphatic carbocycles. The number of benzene rings is 1. The third-order valence-electron chi connectivity index (χ3n) is 3.94. The number of aryl methyl sites for hydroxylation is 1. The number of ether oxygens (including phenoxy) is 3. The Morgan fingerprint density at radius 3 is 2.38 bits per heavy atom. The minimum Gasteiger partial charge on any atom is -0.811 e. The summed E-state index contributed by atoms with van der Waals surface area (Å²) < 4.78 is 27.2. The summed E-state index contributed by atoms with van der Waals surface area (Å²) >= 11 is 0. The SMILES string of the molecule is C=CCOCC(COc1ccc(CCCCCC)cc1)OCCP(=O)([O-])[O-].[Na+].[Na+]. The molecule has 1 aromatic carbocycles. The summed E-state index contributed by atoms with van der Waals surface area (Å²) in [5, 5.41) is 0. The van der Waals surface area contributed by atoms with Gasteiger partial charge in [0.15, 0.2) is 0 Å². The van der Waals surface area contributed by atoms with Gasteiger partial charge in [-0.25, -0.2) is 0 Å². The Morgan fingerprint density at radius 1 is 1.10 bits per heavy atom. The van der Waals surface area contributed by atoms with Crippen LogP contribution in [0.5, 0.6) is 5.75 Å². The fourth-order valence-corrected chi connectivity index (χ4v) is 2.78. The minimum atomic E-state index is -4.57. The topological polar surface area (TPSA) is 90.9 Å². The molecule has 0 saturated carbocycles. The Balaban J connectivity index is 0. The summed E-state index contributed by atoms with van der Waals surface area (Å²) in [5.74, 6) is 0.711.